The summed E-state index contributed by atoms with van der Waals surface area (Å²) in [5.41, 5.74) is 2.74. The van der Waals surface area contributed by atoms with Crippen molar-refractivity contribution in [2.45, 2.75) is 32.1 Å². The van der Waals surface area contributed by atoms with E-state index >= 15 is 0 Å². The third-order valence-electron chi connectivity index (χ3n) is 4.19. The van der Waals surface area contributed by atoms with Gasteiger partial charge in [0.05, 0.1) is 12.0 Å². The van der Waals surface area contributed by atoms with E-state index in [0.717, 1.165) is 17.7 Å². The van der Waals surface area contributed by atoms with Crippen LogP contribution in [-0.2, 0) is 16.4 Å². The van der Waals surface area contributed by atoms with E-state index in [2.05, 4.69) is 11.6 Å². The van der Waals surface area contributed by atoms with E-state index in [1.165, 1.54) is 5.56 Å². The van der Waals surface area contributed by atoms with Crippen LogP contribution >= 0.6 is 0 Å². The number of benzene rings is 2. The molecule has 0 aliphatic rings. The second-order valence-corrected chi connectivity index (χ2v) is 7.50. The van der Waals surface area contributed by atoms with E-state index in [1.807, 2.05) is 31.2 Å². The van der Waals surface area contributed by atoms with Crippen LogP contribution in [0.3, 0.4) is 0 Å². The van der Waals surface area contributed by atoms with Crippen LogP contribution < -0.4 is 14.2 Å². The highest BCUT2D eigenvalue weighted by atomic mass is 32.2. The van der Waals surface area contributed by atoms with Crippen molar-refractivity contribution in [2.24, 2.45) is 0 Å². The summed E-state index contributed by atoms with van der Waals surface area (Å²) >= 11 is 0. The topological polar surface area (TPSA) is 64.6 Å². The van der Waals surface area contributed by atoms with Crippen molar-refractivity contribution >= 4 is 10.0 Å². The summed E-state index contributed by atoms with van der Waals surface area (Å²) in [4.78, 5) is 0.262. The molecule has 0 saturated carbocycles. The molecule has 6 heteroatoms. The highest BCUT2D eigenvalue weighted by Crippen LogP contribution is 2.26. The molecule has 0 unspecified atom stereocenters. The summed E-state index contributed by atoms with van der Waals surface area (Å²) < 4.78 is 38.4. The van der Waals surface area contributed by atoms with Crippen molar-refractivity contribution in [3.05, 3.63) is 53.1 Å². The molecular weight excluding hydrogens is 338 g/mol. The van der Waals surface area contributed by atoms with Gasteiger partial charge in [0.25, 0.3) is 0 Å². The summed E-state index contributed by atoms with van der Waals surface area (Å²) in [5, 5.41) is 0. The molecule has 0 radical (unpaired) electrons. The Kier molecular flexibility index (Phi) is 6.45. The monoisotopic (exact) mass is 363 g/mol. The molecule has 0 aliphatic carbocycles. The molecule has 2 aromatic carbocycles. The lowest BCUT2D eigenvalue weighted by Crippen LogP contribution is -2.29. The SMILES string of the molecule is CCc1ccc(OCCNS(=O)(=O)c2ccc(OC)c(C)c2C)cc1. The summed E-state index contributed by atoms with van der Waals surface area (Å²) in [6, 6.07) is 11.0. The summed E-state index contributed by atoms with van der Waals surface area (Å²) in [5.74, 6) is 1.41. The van der Waals surface area contributed by atoms with Crippen molar-refractivity contribution < 1.29 is 17.9 Å². The van der Waals surface area contributed by atoms with Crippen molar-refractivity contribution in [1.82, 2.24) is 4.72 Å². The van der Waals surface area contributed by atoms with E-state index in [-0.39, 0.29) is 18.0 Å². The fraction of sp³-hybridized carbons (Fsp3) is 0.368. The molecule has 0 fully saturated rings. The quantitative estimate of drug-likeness (QED) is 0.732. The van der Waals surface area contributed by atoms with Crippen LogP contribution in [0, 0.1) is 13.8 Å². The molecule has 0 aliphatic heterocycles. The van der Waals surface area contributed by atoms with Gasteiger partial charge in [0.2, 0.25) is 10.0 Å². The number of nitrogens with one attached hydrogen (secondary N) is 1. The normalized spacial score (nSPS) is 11.4. The lowest BCUT2D eigenvalue weighted by Gasteiger charge is -2.14. The van der Waals surface area contributed by atoms with E-state index in [1.54, 1.807) is 26.2 Å². The minimum Gasteiger partial charge on any atom is -0.496 e. The molecule has 136 valence electrons. The molecule has 0 bridgehead atoms. The maximum absolute atomic E-state index is 12.5. The van der Waals surface area contributed by atoms with Crippen molar-refractivity contribution in [2.75, 3.05) is 20.3 Å². The van der Waals surface area contributed by atoms with Crippen LogP contribution in [0.4, 0.5) is 0 Å². The predicted molar refractivity (Wildman–Crippen MR) is 99.0 cm³/mol. The van der Waals surface area contributed by atoms with E-state index in [9.17, 15) is 8.42 Å². The minimum atomic E-state index is -3.59. The second kappa shape index (κ2) is 8.36. The Hall–Kier alpha value is -2.05. The van der Waals surface area contributed by atoms with Gasteiger partial charge in [0, 0.05) is 6.54 Å². The molecule has 0 heterocycles. The first-order valence-electron chi connectivity index (χ1n) is 8.24. The molecule has 0 spiro atoms. The Balaban J connectivity index is 1.96. The van der Waals surface area contributed by atoms with Gasteiger partial charge in [0.1, 0.15) is 18.1 Å². The molecule has 0 amide bonds. The Morgan fingerprint density at radius 1 is 1.00 bits per heavy atom. The van der Waals surface area contributed by atoms with Gasteiger partial charge in [0.15, 0.2) is 0 Å². The van der Waals surface area contributed by atoms with Gasteiger partial charge in [-0.1, -0.05) is 19.1 Å². The summed E-state index contributed by atoms with van der Waals surface area (Å²) in [7, 11) is -2.02. The van der Waals surface area contributed by atoms with E-state index in [4.69, 9.17) is 9.47 Å². The van der Waals surface area contributed by atoms with Crippen LogP contribution in [-0.4, -0.2) is 28.7 Å². The maximum atomic E-state index is 12.5. The average Bonchev–Trinajstić information content (AvgIpc) is 2.61. The summed E-state index contributed by atoms with van der Waals surface area (Å²) in [6.45, 7) is 6.17. The van der Waals surface area contributed by atoms with Gasteiger partial charge in [-0.25, -0.2) is 13.1 Å². The first kappa shape index (κ1) is 19.3. The van der Waals surface area contributed by atoms with Gasteiger partial charge < -0.3 is 9.47 Å². The Morgan fingerprint density at radius 2 is 1.68 bits per heavy atom. The number of methoxy groups -OCH3 is 1. The second-order valence-electron chi connectivity index (χ2n) is 5.76. The first-order chi connectivity index (χ1) is 11.9. The lowest BCUT2D eigenvalue weighted by atomic mass is 10.1. The van der Waals surface area contributed by atoms with Crippen molar-refractivity contribution in [1.29, 1.82) is 0 Å². The number of sulfonamides is 1. The molecule has 2 rings (SSSR count). The molecule has 2 aromatic rings. The van der Waals surface area contributed by atoms with Crippen molar-refractivity contribution in [3.63, 3.8) is 0 Å². The van der Waals surface area contributed by atoms with Gasteiger partial charge in [-0.15, -0.1) is 0 Å². The number of aryl methyl sites for hydroxylation is 1. The molecule has 25 heavy (non-hydrogen) atoms. The van der Waals surface area contributed by atoms with Crippen LogP contribution in [0.15, 0.2) is 41.3 Å². The third kappa shape index (κ3) is 4.74. The van der Waals surface area contributed by atoms with E-state index in [0.29, 0.717) is 11.3 Å². The van der Waals surface area contributed by atoms with Gasteiger partial charge in [-0.05, 0) is 61.2 Å². The molecule has 0 atom stereocenters. The Labute approximate surface area is 150 Å². The van der Waals surface area contributed by atoms with Crippen LogP contribution in [0.2, 0.25) is 0 Å². The molecule has 5 nitrogen and oxygen atoms in total. The Bertz CT molecular complexity index is 814. The van der Waals surface area contributed by atoms with Crippen LogP contribution in [0.5, 0.6) is 11.5 Å². The number of hydrogen-bond acceptors (Lipinski definition) is 4. The third-order valence-corrected chi connectivity index (χ3v) is 5.80. The van der Waals surface area contributed by atoms with Gasteiger partial charge >= 0.3 is 0 Å². The van der Waals surface area contributed by atoms with Crippen LogP contribution in [0.25, 0.3) is 0 Å². The number of rotatable bonds is 8. The zero-order chi connectivity index (χ0) is 18.4. The van der Waals surface area contributed by atoms with Gasteiger partial charge in [-0.3, -0.25) is 0 Å². The standard InChI is InChI=1S/C19H25NO4S/c1-5-16-6-8-17(9-7-16)24-13-12-20-25(21,22)19-11-10-18(23-4)14(2)15(19)3/h6-11,20H,5,12-13H2,1-4H3. The van der Waals surface area contributed by atoms with Crippen molar-refractivity contribution in [3.8, 4) is 11.5 Å². The molecule has 1 N–H and O–H groups in total. The smallest absolute Gasteiger partial charge is 0.240 e. The zero-order valence-corrected chi connectivity index (χ0v) is 15.9. The maximum Gasteiger partial charge on any atom is 0.240 e. The molecular formula is C19H25NO4S. The van der Waals surface area contributed by atoms with Gasteiger partial charge in [-0.2, -0.15) is 0 Å². The fourth-order valence-electron chi connectivity index (χ4n) is 2.53. The van der Waals surface area contributed by atoms with Crippen LogP contribution in [0.1, 0.15) is 23.6 Å². The molecule has 0 saturated heterocycles. The minimum absolute atomic E-state index is 0.197. The number of ether oxygens (including phenoxy) is 2. The fourth-order valence-corrected chi connectivity index (χ4v) is 3.84. The Morgan fingerprint density at radius 3 is 2.28 bits per heavy atom. The highest BCUT2D eigenvalue weighted by Gasteiger charge is 2.19. The first-order valence-corrected chi connectivity index (χ1v) is 9.73. The molecule has 0 aromatic heterocycles. The lowest BCUT2D eigenvalue weighted by molar-refractivity contribution is 0.322. The average molecular weight is 363 g/mol. The predicted octanol–water partition coefficient (Wildman–Crippen LogP) is 3.23. The number of hydrogen-bond donors (Lipinski definition) is 1. The summed E-state index contributed by atoms with van der Waals surface area (Å²) in [6.07, 6.45) is 0.973. The highest BCUT2D eigenvalue weighted by molar-refractivity contribution is 7.89. The van der Waals surface area contributed by atoms with E-state index < -0.39 is 10.0 Å². The zero-order valence-electron chi connectivity index (χ0n) is 15.1. The largest absolute Gasteiger partial charge is 0.496 e.